The first-order valence-electron chi connectivity index (χ1n) is 11.9. The van der Waals surface area contributed by atoms with Gasteiger partial charge in [-0.3, -0.25) is 10.4 Å². The minimum atomic E-state index is -5.09. The second-order valence-corrected chi connectivity index (χ2v) is 9.08. The van der Waals surface area contributed by atoms with Crippen LogP contribution in [0.3, 0.4) is 0 Å². The summed E-state index contributed by atoms with van der Waals surface area (Å²) in [5, 5.41) is 28.0. The number of halogens is 4. The lowest BCUT2D eigenvalue weighted by Crippen LogP contribution is -2.71. The SMILES string of the molecule is C=CCn1cc(C(O)(c2ccc([NH2+]c3ccc(F)cc3)c(C=N)c2)C(F)(F)F)c2ccc(-c3ccn[nH]3)cc21. The number of aromatic amines is 1. The summed E-state index contributed by atoms with van der Waals surface area (Å²) in [6.45, 7) is 3.93. The normalized spacial score (nSPS) is 13.4. The molecule has 0 amide bonds. The van der Waals surface area contributed by atoms with Crippen LogP contribution in [0.5, 0.6) is 0 Å². The molecule has 6 nitrogen and oxygen atoms in total. The van der Waals surface area contributed by atoms with Crippen molar-refractivity contribution in [3.63, 3.8) is 0 Å². The van der Waals surface area contributed by atoms with Crippen LogP contribution >= 0.6 is 0 Å². The first kappa shape index (κ1) is 26.1. The van der Waals surface area contributed by atoms with Crippen LogP contribution in [-0.4, -0.2) is 32.3 Å². The topological polar surface area (TPSA) is 94.3 Å². The highest BCUT2D eigenvalue weighted by atomic mass is 19.4. The highest BCUT2D eigenvalue weighted by Crippen LogP contribution is 2.47. The maximum atomic E-state index is 14.8. The molecule has 1 unspecified atom stereocenters. The monoisotopic (exact) mass is 534 g/mol. The number of rotatable bonds is 8. The van der Waals surface area contributed by atoms with Gasteiger partial charge < -0.3 is 15.1 Å². The van der Waals surface area contributed by atoms with Gasteiger partial charge in [0.05, 0.1) is 11.3 Å². The molecule has 0 radical (unpaired) electrons. The van der Waals surface area contributed by atoms with E-state index in [0.717, 1.165) is 17.8 Å². The fourth-order valence-corrected chi connectivity index (χ4v) is 4.72. The van der Waals surface area contributed by atoms with Gasteiger partial charge in [0.15, 0.2) is 0 Å². The van der Waals surface area contributed by atoms with Crippen molar-refractivity contribution in [2.45, 2.75) is 18.3 Å². The molecule has 5 rings (SSSR count). The van der Waals surface area contributed by atoms with Crippen LogP contribution in [0, 0.1) is 11.2 Å². The van der Waals surface area contributed by atoms with Crippen molar-refractivity contribution in [1.29, 1.82) is 5.41 Å². The molecule has 0 aliphatic heterocycles. The molecule has 0 aliphatic rings. The van der Waals surface area contributed by atoms with Gasteiger partial charge in [0.25, 0.3) is 0 Å². The van der Waals surface area contributed by atoms with E-state index in [1.807, 2.05) is 0 Å². The summed E-state index contributed by atoms with van der Waals surface area (Å²) in [5.41, 5.74) is -1.03. The Bertz CT molecular complexity index is 1660. The summed E-state index contributed by atoms with van der Waals surface area (Å²) in [6.07, 6.45) is 0.260. The van der Waals surface area contributed by atoms with Gasteiger partial charge in [-0.2, -0.15) is 18.3 Å². The molecular weight excluding hydrogens is 510 g/mol. The van der Waals surface area contributed by atoms with E-state index in [-0.39, 0.29) is 23.1 Å². The van der Waals surface area contributed by atoms with Gasteiger partial charge in [-0.15, -0.1) is 6.58 Å². The summed E-state index contributed by atoms with van der Waals surface area (Å²) in [5.74, 6) is -0.419. The fourth-order valence-electron chi connectivity index (χ4n) is 4.72. The standard InChI is InChI=1S/C29H23F4N5O/c1-2-13-38-17-24(23-9-3-18(15-27(23)38)26-11-12-35-37-26)28(39,29(31,32)33)20-4-10-25(19(14-20)16-34)36-22-7-5-21(30)6-8-22/h2-12,14-17,34,36,39H,1,13H2,(H,35,37)/p+1. The molecule has 5 N–H and O–H groups in total. The predicted octanol–water partition coefficient (Wildman–Crippen LogP) is 5.68. The van der Waals surface area contributed by atoms with Crippen LogP contribution in [0.2, 0.25) is 0 Å². The summed E-state index contributed by atoms with van der Waals surface area (Å²) in [6, 6.07) is 16.0. The van der Waals surface area contributed by atoms with Crippen LogP contribution in [0.4, 0.5) is 28.9 Å². The van der Waals surface area contributed by atoms with Crippen LogP contribution < -0.4 is 5.32 Å². The number of hydrogen-bond donors (Lipinski definition) is 4. The van der Waals surface area contributed by atoms with E-state index in [0.29, 0.717) is 22.6 Å². The zero-order chi connectivity index (χ0) is 27.8. The fraction of sp³-hybridized carbons (Fsp3) is 0.103. The van der Waals surface area contributed by atoms with E-state index in [1.54, 1.807) is 46.4 Å². The van der Waals surface area contributed by atoms with E-state index < -0.39 is 23.2 Å². The second kappa shape index (κ2) is 9.97. The van der Waals surface area contributed by atoms with Crippen molar-refractivity contribution in [3.8, 4) is 11.3 Å². The molecule has 1 atom stereocenters. The molecule has 0 aliphatic carbocycles. The van der Waals surface area contributed by atoms with Crippen molar-refractivity contribution in [1.82, 2.24) is 14.8 Å². The molecule has 0 spiro atoms. The zero-order valence-electron chi connectivity index (χ0n) is 20.5. The number of nitrogens with two attached hydrogens (primary N) is 1. The van der Waals surface area contributed by atoms with Gasteiger partial charge in [-0.1, -0.05) is 18.2 Å². The Kier molecular flexibility index (Phi) is 6.67. The molecule has 2 heterocycles. The smallest absolute Gasteiger partial charge is 0.372 e. The highest BCUT2D eigenvalue weighted by Gasteiger charge is 2.57. The number of H-pyrrole nitrogens is 1. The van der Waals surface area contributed by atoms with Crippen LogP contribution in [-0.2, 0) is 12.1 Å². The highest BCUT2D eigenvalue weighted by molar-refractivity contribution is 5.90. The van der Waals surface area contributed by atoms with Gasteiger partial charge in [0, 0.05) is 65.4 Å². The summed E-state index contributed by atoms with van der Waals surface area (Å²) in [7, 11) is 0. The minimum Gasteiger partial charge on any atom is -0.372 e. The number of quaternary nitrogens is 1. The Hall–Kier alpha value is -4.54. The van der Waals surface area contributed by atoms with E-state index >= 15 is 0 Å². The lowest BCUT2D eigenvalue weighted by Gasteiger charge is -2.31. The van der Waals surface area contributed by atoms with E-state index in [9.17, 15) is 22.7 Å². The number of allylic oxidation sites excluding steroid dienone is 1. The van der Waals surface area contributed by atoms with E-state index in [2.05, 4.69) is 16.8 Å². The van der Waals surface area contributed by atoms with Gasteiger partial charge in [-0.05, 0) is 42.0 Å². The Morgan fingerprint density at radius 1 is 1.05 bits per heavy atom. The molecule has 0 bridgehead atoms. The zero-order valence-corrected chi connectivity index (χ0v) is 20.5. The predicted molar refractivity (Wildman–Crippen MR) is 141 cm³/mol. The molecule has 198 valence electrons. The van der Waals surface area contributed by atoms with E-state index in [1.165, 1.54) is 42.6 Å². The maximum Gasteiger partial charge on any atom is 0.425 e. The van der Waals surface area contributed by atoms with Crippen molar-refractivity contribution < 1.29 is 28.0 Å². The van der Waals surface area contributed by atoms with Gasteiger partial charge in [0.2, 0.25) is 5.60 Å². The van der Waals surface area contributed by atoms with Crippen molar-refractivity contribution in [3.05, 3.63) is 114 Å². The number of nitrogens with one attached hydrogen (secondary N) is 2. The molecule has 2 aromatic heterocycles. The molecule has 0 saturated heterocycles. The number of hydrogen-bond acceptors (Lipinski definition) is 3. The quantitative estimate of drug-likeness (QED) is 0.0893. The van der Waals surface area contributed by atoms with Gasteiger partial charge >= 0.3 is 6.18 Å². The number of benzene rings is 3. The Morgan fingerprint density at radius 2 is 1.82 bits per heavy atom. The van der Waals surface area contributed by atoms with E-state index in [4.69, 9.17) is 5.41 Å². The molecule has 10 heteroatoms. The van der Waals surface area contributed by atoms with Gasteiger partial charge in [-0.25, -0.2) is 4.39 Å². The third-order valence-corrected chi connectivity index (χ3v) is 6.67. The first-order valence-corrected chi connectivity index (χ1v) is 11.9. The Morgan fingerprint density at radius 3 is 2.46 bits per heavy atom. The van der Waals surface area contributed by atoms with Crippen LogP contribution in [0.15, 0.2) is 91.8 Å². The van der Waals surface area contributed by atoms with Crippen LogP contribution in [0.1, 0.15) is 16.7 Å². The number of aromatic nitrogens is 3. The van der Waals surface area contributed by atoms with Crippen molar-refractivity contribution in [2.24, 2.45) is 0 Å². The average molecular weight is 535 g/mol. The van der Waals surface area contributed by atoms with Crippen molar-refractivity contribution in [2.75, 3.05) is 0 Å². The molecule has 0 saturated carbocycles. The minimum absolute atomic E-state index is 0.163. The summed E-state index contributed by atoms with van der Waals surface area (Å²) < 4.78 is 59.4. The lowest BCUT2D eigenvalue weighted by atomic mass is 9.84. The molecule has 0 fully saturated rings. The van der Waals surface area contributed by atoms with Gasteiger partial charge in [0.1, 0.15) is 17.2 Å². The molecule has 3 aromatic carbocycles. The summed E-state index contributed by atoms with van der Waals surface area (Å²) >= 11 is 0. The van der Waals surface area contributed by atoms with Crippen molar-refractivity contribution >= 4 is 28.5 Å². The largest absolute Gasteiger partial charge is 0.425 e. The number of fused-ring (bicyclic) bond motifs is 1. The Balaban J connectivity index is 1.66. The first-order chi connectivity index (χ1) is 18.7. The third kappa shape index (κ3) is 4.64. The molecular formula is C29H24F4N5O+. The number of aliphatic hydroxyl groups is 1. The second-order valence-electron chi connectivity index (χ2n) is 9.08. The third-order valence-electron chi connectivity index (χ3n) is 6.67. The molecule has 5 aromatic rings. The van der Waals surface area contributed by atoms with Crippen LogP contribution in [0.25, 0.3) is 22.2 Å². The average Bonchev–Trinajstić information content (AvgIpc) is 3.58. The number of nitrogens with zero attached hydrogens (tertiary/aromatic N) is 2. The molecule has 39 heavy (non-hydrogen) atoms. The maximum absolute atomic E-state index is 14.8. The summed E-state index contributed by atoms with van der Waals surface area (Å²) in [4.78, 5) is 0. The Labute approximate surface area is 220 Å². The number of alkyl halides is 3. The lowest BCUT2D eigenvalue weighted by molar-refractivity contribution is -0.478.